The van der Waals surface area contributed by atoms with Crippen LogP contribution in [-0.4, -0.2) is 13.5 Å². The Kier molecular flexibility index (Phi) is 5.01. The Balaban J connectivity index is 1.27. The van der Waals surface area contributed by atoms with Gasteiger partial charge < -0.3 is 13.5 Å². The van der Waals surface area contributed by atoms with E-state index in [2.05, 4.69) is 115 Å². The number of para-hydroxylation sites is 3. The molecule has 0 bridgehead atoms. The van der Waals surface area contributed by atoms with Gasteiger partial charge in [-0.25, -0.2) is 0 Å². The van der Waals surface area contributed by atoms with E-state index in [-0.39, 0.29) is 0 Å². The van der Waals surface area contributed by atoms with Gasteiger partial charge in [-0.15, -0.1) is 9.81 Å². The fraction of sp³-hybridized carbons (Fsp3) is 0. The van der Waals surface area contributed by atoms with Crippen LogP contribution in [0.3, 0.4) is 0 Å². The van der Waals surface area contributed by atoms with Crippen molar-refractivity contribution in [3.05, 3.63) is 149 Å². The molecule has 0 amide bonds. The second kappa shape index (κ2) is 9.36. The van der Waals surface area contributed by atoms with Crippen LogP contribution in [0.5, 0.6) is 0 Å². The lowest BCUT2D eigenvalue weighted by Crippen LogP contribution is -1.96. The molecule has 0 aliphatic carbocycles. The van der Waals surface area contributed by atoms with Gasteiger partial charge in [0.2, 0.25) is 0 Å². The summed E-state index contributed by atoms with van der Waals surface area (Å²) in [5.41, 5.74) is 10.6. The number of nitroso groups, excluding NO2 is 2. The van der Waals surface area contributed by atoms with E-state index in [1.165, 1.54) is 27.1 Å². The third-order valence-electron chi connectivity index (χ3n) is 10.3. The third-order valence-corrected chi connectivity index (χ3v) is 10.3. The van der Waals surface area contributed by atoms with Crippen LogP contribution in [0.1, 0.15) is 0 Å². The van der Waals surface area contributed by atoms with E-state index in [1.54, 1.807) is 12.1 Å². The summed E-state index contributed by atoms with van der Waals surface area (Å²) in [5, 5.41) is 15.3. The first-order valence-corrected chi connectivity index (χ1v) is 16.2. The Morgan fingerprint density at radius 2 is 0.776 bits per heavy atom. The van der Waals surface area contributed by atoms with Crippen molar-refractivity contribution in [1.82, 2.24) is 13.5 Å². The van der Waals surface area contributed by atoms with Crippen molar-refractivity contribution in [3.63, 3.8) is 0 Å². The lowest BCUT2D eigenvalue weighted by Gasteiger charge is -2.12. The first-order valence-electron chi connectivity index (χ1n) is 16.2. The van der Waals surface area contributed by atoms with Crippen molar-refractivity contribution in [1.29, 1.82) is 0 Å². The molecule has 0 aliphatic heterocycles. The lowest BCUT2D eigenvalue weighted by atomic mass is 10.1. The van der Waals surface area contributed by atoms with E-state index in [9.17, 15) is 9.81 Å². The number of benzene rings is 7. The van der Waals surface area contributed by atoms with Gasteiger partial charge >= 0.3 is 0 Å². The van der Waals surface area contributed by atoms with Gasteiger partial charge in [-0.3, -0.25) is 0 Å². The van der Waals surface area contributed by atoms with Crippen molar-refractivity contribution in [2.45, 2.75) is 0 Å². The van der Waals surface area contributed by atoms with Crippen molar-refractivity contribution < 1.29 is 0 Å². The molecule has 0 N–H and O–H groups in total. The monoisotopic (exact) mass is 629 g/mol. The third kappa shape index (κ3) is 3.26. The normalized spacial score (nSPS) is 12.2. The van der Waals surface area contributed by atoms with Crippen LogP contribution in [0.15, 0.2) is 150 Å². The number of hydrogen-bond donors (Lipinski definition) is 0. The topological polar surface area (TPSA) is 73.1 Å². The standard InChI is InChI=1S/C42H23N5O2/c48-43-24-18-20-34-30(22-24)26-8-1-3-12-32(26)45(34)36-14-6-16-38-40(36)28-10-5-11-29-41-37(15-7-17-39(41)47(38)42(28)29)46-33-13-4-2-9-27(33)31-23-25(44-49)19-21-35(31)46/h1-23H. The fourth-order valence-corrected chi connectivity index (χ4v) is 8.47. The quantitative estimate of drug-likeness (QED) is 0.182. The van der Waals surface area contributed by atoms with Gasteiger partial charge in [0.1, 0.15) is 11.4 Å². The van der Waals surface area contributed by atoms with E-state index >= 15 is 0 Å². The van der Waals surface area contributed by atoms with Crippen LogP contribution in [0.2, 0.25) is 0 Å². The molecule has 0 atom stereocenters. The lowest BCUT2D eigenvalue weighted by molar-refractivity contribution is 1.19. The first-order chi connectivity index (χ1) is 24.2. The Morgan fingerprint density at radius 1 is 0.367 bits per heavy atom. The Morgan fingerprint density at radius 3 is 1.27 bits per heavy atom. The van der Waals surface area contributed by atoms with E-state index in [1.807, 2.05) is 36.4 Å². The maximum Gasteiger partial charge on any atom is 0.108 e. The molecule has 7 nitrogen and oxygen atoms in total. The summed E-state index contributed by atoms with van der Waals surface area (Å²) >= 11 is 0. The van der Waals surface area contributed by atoms with E-state index in [4.69, 9.17) is 0 Å². The molecule has 11 aromatic rings. The predicted molar refractivity (Wildman–Crippen MR) is 201 cm³/mol. The zero-order valence-corrected chi connectivity index (χ0v) is 25.8. The molecule has 4 heterocycles. The number of hydrogen-bond acceptors (Lipinski definition) is 4. The summed E-state index contributed by atoms with van der Waals surface area (Å²) in [7, 11) is 0. The maximum atomic E-state index is 11.5. The molecule has 7 heteroatoms. The molecule has 0 fully saturated rings. The van der Waals surface area contributed by atoms with Gasteiger partial charge in [0, 0.05) is 43.1 Å². The molecular formula is C42H23N5O2. The number of rotatable bonds is 4. The molecule has 0 aliphatic rings. The molecule has 228 valence electrons. The van der Waals surface area contributed by atoms with E-state index in [0.29, 0.717) is 11.4 Å². The minimum Gasteiger partial charge on any atom is -0.309 e. The summed E-state index contributed by atoms with van der Waals surface area (Å²) in [4.78, 5) is 23.0. The van der Waals surface area contributed by atoms with Crippen LogP contribution in [-0.2, 0) is 0 Å². The predicted octanol–water partition coefficient (Wildman–Crippen LogP) is 11.8. The van der Waals surface area contributed by atoms with Gasteiger partial charge in [0.25, 0.3) is 0 Å². The summed E-state index contributed by atoms with van der Waals surface area (Å²) in [6.45, 7) is 0. The average Bonchev–Trinajstić information content (AvgIpc) is 3.88. The molecule has 0 saturated carbocycles. The summed E-state index contributed by atoms with van der Waals surface area (Å²) in [5.74, 6) is 0. The van der Waals surface area contributed by atoms with Crippen molar-refractivity contribution in [2.75, 3.05) is 0 Å². The van der Waals surface area contributed by atoms with Gasteiger partial charge in [0.15, 0.2) is 0 Å². The molecule has 0 unspecified atom stereocenters. The highest BCUT2D eigenvalue weighted by molar-refractivity contribution is 6.27. The highest BCUT2D eigenvalue weighted by atomic mass is 16.3. The minimum atomic E-state index is 0.417. The smallest absolute Gasteiger partial charge is 0.108 e. The van der Waals surface area contributed by atoms with E-state index in [0.717, 1.165) is 66.0 Å². The summed E-state index contributed by atoms with van der Waals surface area (Å²) in [6, 6.07) is 47.7. The molecular weight excluding hydrogens is 606 g/mol. The number of nitrogens with zero attached hydrogens (tertiary/aromatic N) is 5. The number of fused-ring (bicyclic) bond motifs is 12. The van der Waals surface area contributed by atoms with Crippen LogP contribution in [0.25, 0.3) is 93.1 Å². The summed E-state index contributed by atoms with van der Waals surface area (Å²) < 4.78 is 7.04. The second-order valence-electron chi connectivity index (χ2n) is 12.7. The van der Waals surface area contributed by atoms with Crippen molar-refractivity contribution in [3.8, 4) is 11.4 Å². The minimum absolute atomic E-state index is 0.417. The Bertz CT molecular complexity index is 3010. The van der Waals surface area contributed by atoms with Gasteiger partial charge in [-0.05, 0) is 83.2 Å². The molecule has 0 saturated heterocycles. The Labute approximate surface area is 277 Å². The zero-order chi connectivity index (χ0) is 32.4. The van der Waals surface area contributed by atoms with Crippen LogP contribution in [0.4, 0.5) is 11.4 Å². The highest BCUT2D eigenvalue weighted by Gasteiger charge is 2.24. The Hall–Kier alpha value is -6.86. The van der Waals surface area contributed by atoms with Crippen LogP contribution in [0, 0.1) is 9.81 Å². The van der Waals surface area contributed by atoms with Gasteiger partial charge in [-0.2, -0.15) is 0 Å². The molecule has 4 aromatic heterocycles. The van der Waals surface area contributed by atoms with Crippen LogP contribution < -0.4 is 0 Å². The van der Waals surface area contributed by atoms with Crippen molar-refractivity contribution in [2.24, 2.45) is 10.4 Å². The van der Waals surface area contributed by atoms with Crippen molar-refractivity contribution >= 4 is 93.1 Å². The van der Waals surface area contributed by atoms with E-state index < -0.39 is 0 Å². The molecule has 49 heavy (non-hydrogen) atoms. The fourth-order valence-electron chi connectivity index (χ4n) is 8.47. The van der Waals surface area contributed by atoms with Crippen LogP contribution >= 0.6 is 0 Å². The second-order valence-corrected chi connectivity index (χ2v) is 12.7. The first kappa shape index (κ1) is 26.2. The molecule has 7 aromatic carbocycles. The zero-order valence-electron chi connectivity index (χ0n) is 25.8. The largest absolute Gasteiger partial charge is 0.309 e. The maximum absolute atomic E-state index is 11.5. The molecule has 0 radical (unpaired) electrons. The molecule has 11 rings (SSSR count). The average molecular weight is 630 g/mol. The van der Waals surface area contributed by atoms with Gasteiger partial charge in [0.05, 0.1) is 50.0 Å². The SMILES string of the molecule is O=Nc1ccc2c(c1)c1ccccc1n2-c1cccc2c1c1cccc3c4c(-n5c6ccccc6c6cc(N=O)ccc65)cccc4n2c13. The summed E-state index contributed by atoms with van der Waals surface area (Å²) in [6.07, 6.45) is 0. The molecule has 0 spiro atoms. The highest BCUT2D eigenvalue weighted by Crippen LogP contribution is 2.46. The van der Waals surface area contributed by atoms with Gasteiger partial charge in [-0.1, -0.05) is 66.7 Å². The number of aromatic nitrogens is 3.